The second kappa shape index (κ2) is 4.04. The molecule has 0 fully saturated rings. The van der Waals surface area contributed by atoms with Gasteiger partial charge in [-0.3, -0.25) is 14.7 Å². The number of hydrogen-bond donors (Lipinski definition) is 1. The lowest BCUT2D eigenvalue weighted by molar-refractivity contribution is 0.0803. The van der Waals surface area contributed by atoms with Crippen LogP contribution in [0.5, 0.6) is 0 Å². The zero-order valence-corrected chi connectivity index (χ0v) is 10.0. The van der Waals surface area contributed by atoms with Gasteiger partial charge in [-0.2, -0.15) is 5.10 Å². The fourth-order valence-electron chi connectivity index (χ4n) is 1.67. The number of aromatic amines is 1. The Kier molecular flexibility index (Phi) is 2.71. The Bertz CT molecular complexity index is 626. The minimum absolute atomic E-state index is 0.116. The molecule has 0 aliphatic carbocycles. The number of pyridine rings is 1. The summed E-state index contributed by atoms with van der Waals surface area (Å²) in [4.78, 5) is 25.5. The van der Waals surface area contributed by atoms with Gasteiger partial charge in [0.1, 0.15) is 5.52 Å². The van der Waals surface area contributed by atoms with Gasteiger partial charge in [0, 0.05) is 32.2 Å². The first kappa shape index (κ1) is 11.4. The van der Waals surface area contributed by atoms with Crippen LogP contribution in [0.2, 0.25) is 0 Å². The van der Waals surface area contributed by atoms with Crippen molar-refractivity contribution in [2.45, 2.75) is 6.92 Å². The lowest BCUT2D eigenvalue weighted by Crippen LogP contribution is -2.28. The van der Waals surface area contributed by atoms with E-state index in [0.717, 1.165) is 0 Å². The molecule has 1 amide bonds. The van der Waals surface area contributed by atoms with E-state index in [1.54, 1.807) is 25.2 Å². The molecular weight excluding hydrogens is 220 g/mol. The largest absolute Gasteiger partial charge is 0.342 e. The first-order valence-electron chi connectivity index (χ1n) is 5.34. The fraction of sp³-hybridized carbons (Fsp3) is 0.364. The van der Waals surface area contributed by atoms with Crippen LogP contribution >= 0.6 is 0 Å². The number of rotatable bonds is 2. The highest BCUT2D eigenvalue weighted by Gasteiger charge is 2.17. The van der Waals surface area contributed by atoms with E-state index in [-0.39, 0.29) is 11.5 Å². The van der Waals surface area contributed by atoms with Crippen LogP contribution in [0, 0.1) is 0 Å². The molecule has 0 bridgehead atoms. The number of carbonyl (C=O) groups is 1. The molecule has 2 heterocycles. The smallest absolute Gasteiger partial charge is 0.276 e. The number of nitrogens with zero attached hydrogens (tertiary/aromatic N) is 3. The number of carbonyl (C=O) groups excluding carboxylic acids is 1. The fourth-order valence-corrected chi connectivity index (χ4v) is 1.67. The van der Waals surface area contributed by atoms with Crippen LogP contribution in [-0.2, 0) is 7.05 Å². The van der Waals surface area contributed by atoms with Gasteiger partial charge in [-0.15, -0.1) is 0 Å². The average molecular weight is 234 g/mol. The predicted octanol–water partition coefficient (Wildman–Crippen LogP) is 0.353. The Labute approximate surface area is 97.8 Å². The van der Waals surface area contributed by atoms with E-state index >= 15 is 0 Å². The maximum atomic E-state index is 12.1. The van der Waals surface area contributed by atoms with E-state index in [0.29, 0.717) is 23.0 Å². The molecule has 2 rings (SSSR count). The van der Waals surface area contributed by atoms with Crippen molar-refractivity contribution in [2.75, 3.05) is 13.6 Å². The second-order valence-corrected chi connectivity index (χ2v) is 3.94. The SMILES string of the molecule is CCN(C)C(=O)c1cn(C)c(=O)c2[nH]ncc12. The summed E-state index contributed by atoms with van der Waals surface area (Å²) in [5.41, 5.74) is 0.663. The molecule has 6 heteroatoms. The summed E-state index contributed by atoms with van der Waals surface area (Å²) in [6.07, 6.45) is 3.06. The zero-order chi connectivity index (χ0) is 12.6. The summed E-state index contributed by atoms with van der Waals surface area (Å²) < 4.78 is 1.39. The van der Waals surface area contributed by atoms with Gasteiger partial charge in [0.05, 0.1) is 11.8 Å². The third-order valence-corrected chi connectivity index (χ3v) is 2.84. The van der Waals surface area contributed by atoms with Gasteiger partial charge in [0.25, 0.3) is 11.5 Å². The summed E-state index contributed by atoms with van der Waals surface area (Å²) in [6, 6.07) is 0. The van der Waals surface area contributed by atoms with Crippen LogP contribution in [0.4, 0.5) is 0 Å². The molecule has 0 radical (unpaired) electrons. The van der Waals surface area contributed by atoms with Crippen molar-refractivity contribution in [2.24, 2.45) is 7.05 Å². The van der Waals surface area contributed by atoms with Crippen LogP contribution in [-0.4, -0.2) is 39.2 Å². The Hall–Kier alpha value is -2.11. The van der Waals surface area contributed by atoms with E-state index in [1.165, 1.54) is 10.8 Å². The number of amides is 1. The molecule has 0 aliphatic rings. The molecule has 0 aliphatic heterocycles. The molecule has 0 aromatic carbocycles. The van der Waals surface area contributed by atoms with Crippen molar-refractivity contribution in [1.82, 2.24) is 19.7 Å². The lowest BCUT2D eigenvalue weighted by Gasteiger charge is -2.15. The summed E-state index contributed by atoms with van der Waals surface area (Å²) >= 11 is 0. The van der Waals surface area contributed by atoms with Gasteiger partial charge < -0.3 is 9.47 Å². The predicted molar refractivity (Wildman–Crippen MR) is 64.0 cm³/mol. The standard InChI is InChI=1S/C11H14N4O2/c1-4-14(2)10(16)8-6-15(3)11(17)9-7(8)5-12-13-9/h5-6H,4H2,1-3H3,(H,12,13). The van der Waals surface area contributed by atoms with Gasteiger partial charge in [0.2, 0.25) is 0 Å². The minimum Gasteiger partial charge on any atom is -0.342 e. The van der Waals surface area contributed by atoms with Crippen molar-refractivity contribution in [1.29, 1.82) is 0 Å². The van der Waals surface area contributed by atoms with E-state index in [2.05, 4.69) is 10.2 Å². The maximum Gasteiger partial charge on any atom is 0.276 e. The van der Waals surface area contributed by atoms with Crippen LogP contribution < -0.4 is 5.56 Å². The number of hydrogen-bond acceptors (Lipinski definition) is 3. The topological polar surface area (TPSA) is 71.0 Å². The average Bonchev–Trinajstić information content (AvgIpc) is 2.81. The van der Waals surface area contributed by atoms with Crippen LogP contribution in [0.1, 0.15) is 17.3 Å². The summed E-state index contributed by atoms with van der Waals surface area (Å²) in [5.74, 6) is -0.116. The first-order chi connectivity index (χ1) is 8.06. The van der Waals surface area contributed by atoms with Gasteiger partial charge >= 0.3 is 0 Å². The third-order valence-electron chi connectivity index (χ3n) is 2.84. The number of nitrogens with one attached hydrogen (secondary N) is 1. The Morgan fingerprint density at radius 2 is 2.29 bits per heavy atom. The molecule has 6 nitrogen and oxygen atoms in total. The number of H-pyrrole nitrogens is 1. The monoisotopic (exact) mass is 234 g/mol. The molecule has 2 aromatic heterocycles. The zero-order valence-electron chi connectivity index (χ0n) is 10.0. The Morgan fingerprint density at radius 1 is 1.59 bits per heavy atom. The minimum atomic E-state index is -0.187. The van der Waals surface area contributed by atoms with E-state index in [4.69, 9.17) is 0 Å². The first-order valence-corrected chi connectivity index (χ1v) is 5.34. The summed E-state index contributed by atoms with van der Waals surface area (Å²) in [6.45, 7) is 2.51. The van der Waals surface area contributed by atoms with E-state index in [9.17, 15) is 9.59 Å². The van der Waals surface area contributed by atoms with Gasteiger partial charge in [-0.25, -0.2) is 0 Å². The molecule has 0 saturated carbocycles. The van der Waals surface area contributed by atoms with Crippen LogP contribution in [0.25, 0.3) is 10.9 Å². The highest BCUT2D eigenvalue weighted by atomic mass is 16.2. The molecule has 0 atom stereocenters. The lowest BCUT2D eigenvalue weighted by atomic mass is 10.1. The molecule has 0 spiro atoms. The van der Waals surface area contributed by atoms with Crippen LogP contribution in [0.15, 0.2) is 17.2 Å². The highest BCUT2D eigenvalue weighted by molar-refractivity contribution is 6.05. The van der Waals surface area contributed by atoms with Crippen molar-refractivity contribution < 1.29 is 4.79 Å². The Balaban J connectivity index is 2.70. The molecule has 2 aromatic rings. The number of fused-ring (bicyclic) bond motifs is 1. The summed E-state index contributed by atoms with van der Waals surface area (Å²) in [5, 5.41) is 7.02. The molecule has 0 saturated heterocycles. The molecule has 90 valence electrons. The molecule has 1 N–H and O–H groups in total. The highest BCUT2D eigenvalue weighted by Crippen LogP contribution is 2.14. The van der Waals surface area contributed by atoms with E-state index < -0.39 is 0 Å². The third kappa shape index (κ3) is 1.71. The molecular formula is C11H14N4O2. The van der Waals surface area contributed by atoms with Crippen molar-refractivity contribution in [3.05, 3.63) is 28.3 Å². The second-order valence-electron chi connectivity index (χ2n) is 3.94. The molecule has 0 unspecified atom stereocenters. The normalized spacial score (nSPS) is 10.8. The van der Waals surface area contributed by atoms with Gasteiger partial charge in [-0.05, 0) is 6.92 Å². The van der Waals surface area contributed by atoms with Crippen molar-refractivity contribution >= 4 is 16.8 Å². The molecule has 17 heavy (non-hydrogen) atoms. The van der Waals surface area contributed by atoms with E-state index in [1.807, 2.05) is 6.92 Å². The summed E-state index contributed by atoms with van der Waals surface area (Å²) in [7, 11) is 3.34. The number of aromatic nitrogens is 3. The Morgan fingerprint density at radius 3 is 2.94 bits per heavy atom. The number of aryl methyl sites for hydroxylation is 1. The van der Waals surface area contributed by atoms with Crippen molar-refractivity contribution in [3.63, 3.8) is 0 Å². The van der Waals surface area contributed by atoms with Crippen molar-refractivity contribution in [3.8, 4) is 0 Å². The van der Waals surface area contributed by atoms with Gasteiger partial charge in [-0.1, -0.05) is 0 Å². The maximum absolute atomic E-state index is 12.1. The van der Waals surface area contributed by atoms with Crippen LogP contribution in [0.3, 0.4) is 0 Å². The van der Waals surface area contributed by atoms with Gasteiger partial charge in [0.15, 0.2) is 0 Å². The quantitative estimate of drug-likeness (QED) is 0.815.